The van der Waals surface area contributed by atoms with Gasteiger partial charge in [0.1, 0.15) is 65.4 Å². The van der Waals surface area contributed by atoms with Crippen LogP contribution in [0.4, 0.5) is 23.3 Å². The lowest BCUT2D eigenvalue weighted by molar-refractivity contribution is 0.0948. The zero-order valence-corrected chi connectivity index (χ0v) is 81.4. The number of thiophene rings is 4. The second-order valence-corrected chi connectivity index (χ2v) is 35.4. The first-order valence-corrected chi connectivity index (χ1v) is 48.6. The summed E-state index contributed by atoms with van der Waals surface area (Å²) in [6, 6.07) is 26.4. The van der Waals surface area contributed by atoms with Gasteiger partial charge < -0.3 is 83.7 Å². The molecular weight excluding hydrogens is 1840 g/mol. The number of aromatic nitrogens is 17. The maximum absolute atomic E-state index is 13.3. The molecule has 2 aliphatic heterocycles. The third-order valence-electron chi connectivity index (χ3n) is 22.5. The number of fused-ring (bicyclic) bond motifs is 4. The zero-order chi connectivity index (χ0) is 96.5. The van der Waals surface area contributed by atoms with Crippen LogP contribution < -0.4 is 51.7 Å². The molecule has 5 N–H and O–H groups in total. The van der Waals surface area contributed by atoms with Gasteiger partial charge in [-0.05, 0) is 111 Å². The quantitative estimate of drug-likeness (QED) is 0.0176. The second kappa shape index (κ2) is 51.0. The van der Waals surface area contributed by atoms with Crippen LogP contribution in [0.15, 0.2) is 172 Å². The van der Waals surface area contributed by atoms with Crippen LogP contribution in [0.3, 0.4) is 0 Å². The molecule has 3 amide bonds. The van der Waals surface area contributed by atoms with Gasteiger partial charge in [0.25, 0.3) is 17.7 Å². The van der Waals surface area contributed by atoms with Crippen LogP contribution in [0, 0.1) is 0 Å². The van der Waals surface area contributed by atoms with Gasteiger partial charge in [-0.2, -0.15) is 0 Å². The zero-order valence-electron chi connectivity index (χ0n) is 78.1. The van der Waals surface area contributed by atoms with Crippen LogP contribution in [0.25, 0.3) is 86.9 Å². The third kappa shape index (κ3) is 26.8. The fraction of sp³-hybridized carbons (Fsp3) is 0.365. The molecule has 0 unspecified atom stereocenters. The van der Waals surface area contributed by atoms with Gasteiger partial charge in [0, 0.05) is 236 Å². The number of ether oxygens (including phenoxy) is 6. The lowest BCUT2D eigenvalue weighted by Gasteiger charge is -2.33. The summed E-state index contributed by atoms with van der Waals surface area (Å²) in [5.74, 6) is 5.23. The minimum atomic E-state index is -0.406. The first-order valence-electron chi connectivity index (χ1n) is 45.1. The summed E-state index contributed by atoms with van der Waals surface area (Å²) in [5.41, 5.74) is 7.00. The Labute approximate surface area is 812 Å². The lowest BCUT2D eigenvalue weighted by atomic mass is 10.0. The maximum Gasteiger partial charge on any atom is 0.344 e. The molecule has 15 aromatic rings. The Morgan fingerprint density at radius 1 is 0.384 bits per heavy atom. The van der Waals surface area contributed by atoms with Gasteiger partial charge in [0.15, 0.2) is 29.1 Å². The minimum absolute atomic E-state index is 0.173. The number of aromatic amines is 2. The smallest absolute Gasteiger partial charge is 0.344 e. The van der Waals surface area contributed by atoms with Crippen molar-refractivity contribution in [3.8, 4) is 52.0 Å². The first-order chi connectivity index (χ1) is 67.5. The third-order valence-corrected chi connectivity index (χ3v) is 26.0. The van der Waals surface area contributed by atoms with E-state index in [1.165, 1.54) is 57.7 Å². The highest BCUT2D eigenvalue weighted by molar-refractivity contribution is 7.18. The van der Waals surface area contributed by atoms with Crippen molar-refractivity contribution in [3.63, 3.8) is 0 Å². The van der Waals surface area contributed by atoms with Gasteiger partial charge in [-0.25, -0.2) is 64.4 Å². The van der Waals surface area contributed by atoms with Crippen LogP contribution in [0.5, 0.6) is 5.88 Å². The Balaban J connectivity index is 0.000000147. The molecule has 42 heteroatoms. The molecule has 15 aromatic heterocycles. The summed E-state index contributed by atoms with van der Waals surface area (Å²) < 4.78 is 31.5. The van der Waals surface area contributed by atoms with E-state index < -0.39 is 5.69 Å². The number of methoxy groups -OCH3 is 6. The van der Waals surface area contributed by atoms with Crippen molar-refractivity contribution in [3.05, 3.63) is 222 Å². The summed E-state index contributed by atoms with van der Waals surface area (Å²) in [6.45, 7) is 13.4. The molecule has 0 atom stereocenters. The molecule has 0 aromatic carbocycles. The molecule has 2 saturated heterocycles. The van der Waals surface area contributed by atoms with Gasteiger partial charge in [0.05, 0.1) is 71.8 Å². The topological polar surface area (TPSA) is 438 Å². The van der Waals surface area contributed by atoms with Gasteiger partial charge in [-0.15, -0.1) is 45.3 Å². The van der Waals surface area contributed by atoms with Gasteiger partial charge in [-0.3, -0.25) is 39.1 Å². The predicted molar refractivity (Wildman–Crippen MR) is 537 cm³/mol. The number of nitrogens with one attached hydrogen (secondary N) is 5. The fourth-order valence-electron chi connectivity index (χ4n) is 15.0. The molecule has 2 fully saturated rings. The first kappa shape index (κ1) is 100. The molecular formula is C96H110N26O12S4. The number of hydrogen-bond acceptors (Lipinski definition) is 37. The number of H-pyrrole nitrogens is 2. The van der Waals surface area contributed by atoms with E-state index in [9.17, 15) is 28.8 Å². The van der Waals surface area contributed by atoms with E-state index in [2.05, 4.69) is 99.4 Å². The Morgan fingerprint density at radius 3 is 1.09 bits per heavy atom. The number of likely N-dealkylation sites (N-methyl/N-ethyl adjacent to an activating group) is 2. The van der Waals surface area contributed by atoms with Crippen molar-refractivity contribution in [2.45, 2.75) is 44.9 Å². The normalized spacial score (nSPS) is 12.8. The van der Waals surface area contributed by atoms with Crippen LogP contribution in [0.1, 0.15) is 83.8 Å². The molecule has 0 spiro atoms. The Morgan fingerprint density at radius 2 is 0.739 bits per heavy atom. The van der Waals surface area contributed by atoms with Crippen LogP contribution in [-0.2, 0) is 42.9 Å². The molecule has 17 rings (SSSR count). The Kier molecular flexibility index (Phi) is 37.1. The highest BCUT2D eigenvalue weighted by Gasteiger charge is 2.31. The molecule has 0 bridgehead atoms. The highest BCUT2D eigenvalue weighted by Crippen LogP contribution is 2.40. The number of unbranched alkanes of at least 4 members (excludes halogenated alkanes) is 2. The van der Waals surface area contributed by atoms with E-state index in [1.807, 2.05) is 99.9 Å². The van der Waals surface area contributed by atoms with Crippen LogP contribution in [0.2, 0.25) is 0 Å². The standard InChI is InChI=1S/C26H30N6O4S.C24H27N7O4S.C23H24N8O2S.C23H29N5O2S/c1-34-14-12-32(13-15-35-2)24-22-19(25(33)28-11-9-18-7-8-21(36-3)29-16-18)17-37-26(22)31-23(30-24)20-6-4-5-10-27-20;1-34-11-9-31(10-12-35-2)21-19-17(22(32)26-8-6-16-13-27-24(33)28-14-16)15-36-23(19)30-20(29-21)18-5-3-4-7-25-18;1-30-8-10-31(11-9-30)20-18-16(21(32)25-7-5-15-12-26-23(33)27-13-15)14-34-22(18)29-19(28-20)17-4-2-3-6-24-17;1-27-11-13-28(14-12-27)22-20-17(19(29)9-4-3-7-15-30-2)16-31-23(20)26-21(25-22)18-8-5-6-10-24-18/h4-8,10,16-17H,9,11-15H2,1-3H3,(H,28,33);3-5,7,13-15H,6,8-12H2,1-2H3,(H,26,32)(H,27,28,33);2-4,6,12-14H,5,7-11H2,1H3,(H,25,32)(H,26,27,33);5-6,8,10,16H,3-4,7,9,11-15H2,1-2H3. The lowest BCUT2D eigenvalue weighted by Crippen LogP contribution is -2.45. The number of anilines is 4. The number of rotatable bonds is 40. The number of ketones is 1. The number of piperazine rings is 2. The molecule has 0 aliphatic carbocycles. The molecule has 38 nitrogen and oxygen atoms in total. The minimum Gasteiger partial charge on any atom is -0.481 e. The number of carbonyl (C=O) groups excluding carboxylic acids is 4. The molecule has 2 aliphatic rings. The monoisotopic (exact) mass is 1950 g/mol. The van der Waals surface area contributed by atoms with E-state index in [0.29, 0.717) is 188 Å². The number of pyridine rings is 5. The number of carbonyl (C=O) groups is 4. The van der Waals surface area contributed by atoms with Gasteiger partial charge in [-0.1, -0.05) is 36.8 Å². The summed E-state index contributed by atoms with van der Waals surface area (Å²) in [4.78, 5) is 164. The second-order valence-electron chi connectivity index (χ2n) is 32.0. The number of hydrogen-bond donors (Lipinski definition) is 5. The van der Waals surface area contributed by atoms with E-state index in [1.54, 1.807) is 97.5 Å². The summed E-state index contributed by atoms with van der Waals surface area (Å²) in [7, 11) is 14.1. The maximum atomic E-state index is 13.3. The van der Waals surface area contributed by atoms with Crippen LogP contribution in [-0.4, -0.2) is 306 Å². The fourth-order valence-corrected chi connectivity index (χ4v) is 18.7. The molecule has 0 radical (unpaired) electrons. The highest BCUT2D eigenvalue weighted by atomic mass is 32.1. The summed E-state index contributed by atoms with van der Waals surface area (Å²) in [5, 5.41) is 19.4. The number of Topliss-reactive ketones (excluding diaryl/α,β-unsaturated/α-hetero) is 1. The SMILES string of the molecule is CN1CCN(c2nc(-c3ccccn3)nc3scc(C(=O)NCCc4cnc(=O)[nH]c4)c23)CC1.COCCCCCC(=O)c1csc2nc(-c3ccccn3)nc(N3CCN(C)CC3)c12.COCCN(CCOC)c1nc(-c2ccccn2)nc2scc(C(=O)NCCc3ccc(OC)nc3)c12.COCCN(CCOC)c1nc(-c2ccccn2)nc2scc(C(=O)NCCc3cnc(=O)[nH]c3)c12. The summed E-state index contributed by atoms with van der Waals surface area (Å²) in [6.07, 6.45) is 20.0. The van der Waals surface area contributed by atoms with Crippen LogP contribution >= 0.6 is 45.3 Å². The molecule has 17 heterocycles. The number of amides is 3. The molecule has 138 heavy (non-hydrogen) atoms. The number of nitrogens with zero attached hydrogens (tertiary/aromatic N) is 21. The molecule has 720 valence electrons. The van der Waals surface area contributed by atoms with Gasteiger partial charge in [0.2, 0.25) is 5.88 Å². The van der Waals surface area contributed by atoms with Crippen molar-refractivity contribution in [1.82, 2.24) is 110 Å². The van der Waals surface area contributed by atoms with Crippen molar-refractivity contribution < 1.29 is 47.6 Å². The van der Waals surface area contributed by atoms with Crippen molar-refractivity contribution >= 4 is 133 Å². The van der Waals surface area contributed by atoms with E-state index in [4.69, 9.17) is 68.3 Å². The summed E-state index contributed by atoms with van der Waals surface area (Å²) >= 11 is 5.75. The van der Waals surface area contributed by atoms with Crippen molar-refractivity contribution in [2.75, 3.05) is 208 Å². The van der Waals surface area contributed by atoms with Gasteiger partial charge >= 0.3 is 11.4 Å². The predicted octanol–water partition coefficient (Wildman–Crippen LogP) is 10.6. The Hall–Kier alpha value is -13.5. The van der Waals surface area contributed by atoms with E-state index in [0.717, 1.165) is 143 Å². The van der Waals surface area contributed by atoms with Crippen molar-refractivity contribution in [2.24, 2.45) is 0 Å². The average Bonchev–Trinajstić information content (AvgIpc) is 1.61. The largest absolute Gasteiger partial charge is 0.481 e. The Bertz CT molecular complexity index is 6550. The van der Waals surface area contributed by atoms with E-state index >= 15 is 0 Å². The van der Waals surface area contributed by atoms with Crippen molar-refractivity contribution in [1.29, 1.82) is 0 Å². The molecule has 0 saturated carbocycles. The average molecular weight is 1950 g/mol. The van der Waals surface area contributed by atoms with E-state index in [-0.39, 0.29) is 29.2 Å².